The van der Waals surface area contributed by atoms with Crippen LogP contribution in [0.4, 0.5) is 5.69 Å². The van der Waals surface area contributed by atoms with Crippen LogP contribution in [0.3, 0.4) is 0 Å². The molecular formula is C17H20N2O4S. The fourth-order valence-electron chi connectivity index (χ4n) is 2.15. The molecule has 2 aromatic carbocycles. The summed E-state index contributed by atoms with van der Waals surface area (Å²) in [7, 11) is 1.02. The summed E-state index contributed by atoms with van der Waals surface area (Å²) in [6, 6.07) is 13.4. The third-order valence-corrected chi connectivity index (χ3v) is 5.29. The fourth-order valence-corrected chi connectivity index (χ4v) is 3.05. The number of methoxy groups -OCH3 is 1. The Kier molecular flexibility index (Phi) is 5.58. The van der Waals surface area contributed by atoms with Gasteiger partial charge in [-0.1, -0.05) is 18.2 Å². The Bertz CT molecular complexity index is 815. The normalized spacial score (nSPS) is 11.3. The molecule has 128 valence electrons. The quantitative estimate of drug-likeness (QED) is 0.868. The first-order valence-electron chi connectivity index (χ1n) is 7.29. The van der Waals surface area contributed by atoms with Gasteiger partial charge in [0.25, 0.3) is 0 Å². The number of carbonyl (C=O) groups excluding carboxylic acids is 1. The molecule has 0 aliphatic rings. The lowest BCUT2D eigenvalue weighted by Gasteiger charge is -2.12. The number of anilines is 1. The minimum Gasteiger partial charge on any atom is -0.496 e. The number of ether oxygens (including phenoxy) is 1. The maximum absolute atomic E-state index is 12.1. The first-order chi connectivity index (χ1) is 11.3. The average molecular weight is 348 g/mol. The molecule has 0 atom stereocenters. The molecule has 0 aliphatic heterocycles. The van der Waals surface area contributed by atoms with Gasteiger partial charge in [0.2, 0.25) is 15.9 Å². The standard InChI is InChI=1S/C17H20N2O4S/c1-19(2)24(21,22)15-10-8-14(9-11-15)18-17(20)12-13-6-4-5-7-16(13)23-3/h4-11H,12H2,1-3H3,(H,18,20). The third kappa shape index (κ3) is 4.12. The van der Waals surface area contributed by atoms with E-state index in [2.05, 4.69) is 5.32 Å². The summed E-state index contributed by atoms with van der Waals surface area (Å²) in [5, 5.41) is 2.75. The molecule has 0 unspecified atom stereocenters. The molecule has 2 aromatic rings. The van der Waals surface area contributed by atoms with Gasteiger partial charge in [-0.2, -0.15) is 0 Å². The van der Waals surface area contributed by atoms with E-state index in [-0.39, 0.29) is 17.2 Å². The van der Waals surface area contributed by atoms with Crippen molar-refractivity contribution in [3.05, 3.63) is 54.1 Å². The van der Waals surface area contributed by atoms with Crippen LogP contribution in [0.2, 0.25) is 0 Å². The molecule has 0 fully saturated rings. The van der Waals surface area contributed by atoms with E-state index in [1.807, 2.05) is 18.2 Å². The second-order valence-electron chi connectivity index (χ2n) is 5.35. The van der Waals surface area contributed by atoms with Crippen molar-refractivity contribution in [1.29, 1.82) is 0 Å². The highest BCUT2D eigenvalue weighted by Gasteiger charge is 2.17. The topological polar surface area (TPSA) is 75.7 Å². The number of rotatable bonds is 6. The molecule has 6 nitrogen and oxygen atoms in total. The number of nitrogens with zero attached hydrogens (tertiary/aromatic N) is 1. The molecule has 24 heavy (non-hydrogen) atoms. The first-order valence-corrected chi connectivity index (χ1v) is 8.73. The van der Waals surface area contributed by atoms with Crippen LogP contribution in [0.1, 0.15) is 5.56 Å². The highest BCUT2D eigenvalue weighted by Crippen LogP contribution is 2.19. The van der Waals surface area contributed by atoms with Crippen molar-refractivity contribution in [2.45, 2.75) is 11.3 Å². The van der Waals surface area contributed by atoms with Gasteiger partial charge >= 0.3 is 0 Å². The lowest BCUT2D eigenvalue weighted by atomic mass is 10.1. The number of sulfonamides is 1. The minimum absolute atomic E-state index is 0.168. The fraction of sp³-hybridized carbons (Fsp3) is 0.235. The van der Waals surface area contributed by atoms with Crippen molar-refractivity contribution in [2.24, 2.45) is 0 Å². The lowest BCUT2D eigenvalue weighted by molar-refractivity contribution is -0.115. The molecule has 0 heterocycles. The summed E-state index contributed by atoms with van der Waals surface area (Å²) in [6.45, 7) is 0. The van der Waals surface area contributed by atoms with Gasteiger partial charge in [-0.05, 0) is 30.3 Å². The van der Waals surface area contributed by atoms with E-state index < -0.39 is 10.0 Å². The zero-order chi connectivity index (χ0) is 17.7. The molecule has 0 aromatic heterocycles. The Labute approximate surface area is 142 Å². The molecule has 0 bridgehead atoms. The first kappa shape index (κ1) is 18.0. The third-order valence-electron chi connectivity index (χ3n) is 3.46. The molecule has 0 spiro atoms. The second kappa shape index (κ2) is 7.46. The highest BCUT2D eigenvalue weighted by molar-refractivity contribution is 7.89. The zero-order valence-corrected chi connectivity index (χ0v) is 14.6. The van der Waals surface area contributed by atoms with Gasteiger partial charge in [0.15, 0.2) is 0 Å². The maximum Gasteiger partial charge on any atom is 0.242 e. The molecule has 1 amide bonds. The smallest absolute Gasteiger partial charge is 0.242 e. The van der Waals surface area contributed by atoms with Crippen LogP contribution in [-0.2, 0) is 21.2 Å². The molecule has 2 rings (SSSR count). The predicted octanol–water partition coefficient (Wildman–Crippen LogP) is 2.13. The van der Waals surface area contributed by atoms with Crippen molar-refractivity contribution < 1.29 is 17.9 Å². The van der Waals surface area contributed by atoms with Crippen LogP contribution >= 0.6 is 0 Å². The van der Waals surface area contributed by atoms with Crippen molar-refractivity contribution >= 4 is 21.6 Å². The monoisotopic (exact) mass is 348 g/mol. The van der Waals surface area contributed by atoms with Crippen LogP contribution in [-0.4, -0.2) is 39.8 Å². The summed E-state index contributed by atoms with van der Waals surface area (Å²) in [6.07, 6.45) is 0.168. The minimum atomic E-state index is -3.48. The number of amides is 1. The Morgan fingerprint density at radius 2 is 1.71 bits per heavy atom. The van der Waals surface area contributed by atoms with Crippen LogP contribution in [0.15, 0.2) is 53.4 Å². The predicted molar refractivity (Wildman–Crippen MR) is 92.6 cm³/mol. The number of hydrogen-bond donors (Lipinski definition) is 1. The molecule has 0 radical (unpaired) electrons. The molecule has 0 saturated carbocycles. The van der Waals surface area contributed by atoms with Crippen molar-refractivity contribution in [3.8, 4) is 5.75 Å². The summed E-state index contributed by atoms with van der Waals surface area (Å²) >= 11 is 0. The van der Waals surface area contributed by atoms with E-state index in [9.17, 15) is 13.2 Å². The Balaban J connectivity index is 2.07. The molecule has 0 aliphatic carbocycles. The molecule has 1 N–H and O–H groups in total. The van der Waals surface area contributed by atoms with Crippen LogP contribution in [0.25, 0.3) is 0 Å². The Morgan fingerprint density at radius 1 is 1.08 bits per heavy atom. The summed E-state index contributed by atoms with van der Waals surface area (Å²) in [5.74, 6) is 0.447. The van der Waals surface area contributed by atoms with E-state index in [1.54, 1.807) is 25.3 Å². The summed E-state index contributed by atoms with van der Waals surface area (Å²) in [5.41, 5.74) is 1.32. The van der Waals surface area contributed by atoms with Gasteiger partial charge in [0.05, 0.1) is 18.4 Å². The maximum atomic E-state index is 12.1. The lowest BCUT2D eigenvalue weighted by Crippen LogP contribution is -2.22. The van der Waals surface area contributed by atoms with Gasteiger partial charge in [-0.15, -0.1) is 0 Å². The van der Waals surface area contributed by atoms with Gasteiger partial charge in [-0.25, -0.2) is 12.7 Å². The van der Waals surface area contributed by atoms with Gasteiger partial charge in [0, 0.05) is 25.3 Å². The van der Waals surface area contributed by atoms with Gasteiger partial charge in [-0.3, -0.25) is 4.79 Å². The Morgan fingerprint density at radius 3 is 2.29 bits per heavy atom. The van der Waals surface area contributed by atoms with Crippen molar-refractivity contribution in [1.82, 2.24) is 4.31 Å². The van der Waals surface area contributed by atoms with Crippen molar-refractivity contribution in [2.75, 3.05) is 26.5 Å². The highest BCUT2D eigenvalue weighted by atomic mass is 32.2. The van der Waals surface area contributed by atoms with E-state index in [0.717, 1.165) is 9.87 Å². The molecular weight excluding hydrogens is 328 g/mol. The Hall–Kier alpha value is -2.38. The number of carbonyl (C=O) groups is 1. The number of benzene rings is 2. The number of hydrogen-bond acceptors (Lipinski definition) is 4. The SMILES string of the molecule is COc1ccccc1CC(=O)Nc1ccc(S(=O)(=O)N(C)C)cc1. The number of nitrogens with one attached hydrogen (secondary N) is 1. The van der Waals surface area contributed by atoms with Crippen LogP contribution < -0.4 is 10.1 Å². The van der Waals surface area contributed by atoms with Gasteiger partial charge in [0.1, 0.15) is 5.75 Å². The van der Waals surface area contributed by atoms with Crippen LogP contribution in [0.5, 0.6) is 5.75 Å². The van der Waals surface area contributed by atoms with E-state index in [0.29, 0.717) is 11.4 Å². The largest absolute Gasteiger partial charge is 0.496 e. The van der Waals surface area contributed by atoms with E-state index in [1.165, 1.54) is 26.2 Å². The van der Waals surface area contributed by atoms with Gasteiger partial charge < -0.3 is 10.1 Å². The average Bonchev–Trinajstić information content (AvgIpc) is 2.55. The second-order valence-corrected chi connectivity index (χ2v) is 7.50. The summed E-state index contributed by atoms with van der Waals surface area (Å²) in [4.78, 5) is 12.3. The zero-order valence-electron chi connectivity index (χ0n) is 13.8. The van der Waals surface area contributed by atoms with Crippen molar-refractivity contribution in [3.63, 3.8) is 0 Å². The number of para-hydroxylation sites is 1. The van der Waals surface area contributed by atoms with E-state index in [4.69, 9.17) is 4.74 Å². The summed E-state index contributed by atoms with van der Waals surface area (Å²) < 4.78 is 30.4. The molecule has 0 saturated heterocycles. The van der Waals surface area contributed by atoms with Crippen LogP contribution in [0, 0.1) is 0 Å². The van der Waals surface area contributed by atoms with E-state index >= 15 is 0 Å². The molecule has 7 heteroatoms.